The molecule has 15 rings (SSSR count). The highest BCUT2D eigenvalue weighted by Crippen LogP contribution is 2.41. The van der Waals surface area contributed by atoms with Crippen molar-refractivity contribution in [2.24, 2.45) is 0 Å². The number of aromatic nitrogens is 4. The summed E-state index contributed by atoms with van der Waals surface area (Å²) in [6.45, 7) is 73.6. The Hall–Kier alpha value is -9.64. The number of hydrogen-bond acceptors (Lipinski definition) is 4. The van der Waals surface area contributed by atoms with Crippen molar-refractivity contribution < 1.29 is 0 Å². The van der Waals surface area contributed by atoms with Crippen LogP contribution >= 0.6 is 0 Å². The molecular formula is C110H158N4. The molecule has 0 radical (unpaired) electrons. The Morgan fingerprint density at radius 2 is 0.588 bits per heavy atom. The van der Waals surface area contributed by atoms with Gasteiger partial charge in [0.1, 0.15) is 0 Å². The third kappa shape index (κ3) is 30.6. The third-order valence-corrected chi connectivity index (χ3v) is 18.1. The topological polar surface area (TPSA) is 51.6 Å². The van der Waals surface area contributed by atoms with E-state index in [1.807, 2.05) is 203 Å². The minimum atomic E-state index is 0.949. The predicted octanol–water partition coefficient (Wildman–Crippen LogP) is 34.4. The van der Waals surface area contributed by atoms with Gasteiger partial charge in [0, 0.05) is 66.7 Å². The second-order valence-corrected chi connectivity index (χ2v) is 23.8. The van der Waals surface area contributed by atoms with E-state index in [-0.39, 0.29) is 0 Å². The Labute approximate surface area is 702 Å². The summed E-state index contributed by atoms with van der Waals surface area (Å²) in [4.78, 5) is 17.4. The average molecular weight is 1540 g/mol. The standard InChI is InChI=1S/C17H16.2C16H15N.C13H14.2C12H13N.12C2H6/c1-3-15-16-10-5-4-8-13(16)11-14-9-6-7-12(2)17(14)15;1-3-14-15-7-5-4-6-12(15)8-13-10-17-9-11(2)16(13)14;1-3-13-14-7-5-4-6-12(14)10-15-16(13)11(2)8-9-17-15;1-3-11-7-5-9-12-8-4-6-10(2)13(11)12;1-3-10-5-4-6-11-8-13-7-9(2)12(10)11;1-3-10-5-4-6-11-12(10)9(2)7-8-13-11;12*1-2/h3-10H,11H2,1-2H3;3-7,9-10H,8H2,1-2H3;3-9H,10H2,1-2H3;3-6,8-9H,7H2,1-2H3;2*3-4,6-8H,5H2,1-2H3;12*1-2H3/b15-3-;14-3-;13-3-;11-3-;2*10-3-;;;;;;;;;;;;. The fourth-order valence-corrected chi connectivity index (χ4v) is 13.8. The molecule has 0 saturated heterocycles. The Kier molecular flexibility index (Phi) is 62.6. The van der Waals surface area contributed by atoms with Gasteiger partial charge in [-0.25, -0.2) is 0 Å². The maximum Gasteiger partial charge on any atom is 0.0704 e. The Morgan fingerprint density at radius 3 is 1.05 bits per heavy atom. The molecule has 0 spiro atoms. The molecule has 4 heteroatoms. The molecule has 4 nitrogen and oxygen atoms in total. The summed E-state index contributed by atoms with van der Waals surface area (Å²) >= 11 is 0. The molecule has 0 atom stereocenters. The first kappa shape index (κ1) is 109. The van der Waals surface area contributed by atoms with Gasteiger partial charge in [-0.2, -0.15) is 0 Å². The van der Waals surface area contributed by atoms with Crippen LogP contribution in [0, 0.1) is 41.5 Å². The minimum absolute atomic E-state index is 0.949. The van der Waals surface area contributed by atoms with Crippen LogP contribution in [0.2, 0.25) is 0 Å². The highest BCUT2D eigenvalue weighted by atomic mass is 14.7. The first-order chi connectivity index (χ1) is 55.9. The molecule has 9 aromatic rings. The summed E-state index contributed by atoms with van der Waals surface area (Å²) in [5, 5.41) is 0. The van der Waals surface area contributed by atoms with Gasteiger partial charge in [0.15, 0.2) is 0 Å². The fraction of sp³-hybridized carbons (Fsp3) is 0.382. The molecule has 5 aromatic carbocycles. The van der Waals surface area contributed by atoms with E-state index in [0.717, 1.165) is 44.2 Å². The minimum Gasteiger partial charge on any atom is -0.264 e. The highest BCUT2D eigenvalue weighted by Gasteiger charge is 2.24. The molecule has 0 saturated carbocycles. The molecule has 6 aliphatic rings. The van der Waals surface area contributed by atoms with Crippen molar-refractivity contribution in [2.45, 2.75) is 288 Å². The Morgan fingerprint density at radius 1 is 0.254 bits per heavy atom. The van der Waals surface area contributed by atoms with Gasteiger partial charge in [-0.1, -0.05) is 342 Å². The van der Waals surface area contributed by atoms with Crippen LogP contribution in [0.25, 0.3) is 51.7 Å². The Balaban J connectivity index is -0.00000123. The van der Waals surface area contributed by atoms with E-state index in [1.165, 1.54) is 162 Å². The van der Waals surface area contributed by atoms with Crippen molar-refractivity contribution >= 4 is 51.7 Å². The molecule has 0 fully saturated rings. The third-order valence-electron chi connectivity index (χ3n) is 18.1. The second kappa shape index (κ2) is 65.7. The van der Waals surface area contributed by atoms with E-state index in [4.69, 9.17) is 0 Å². The maximum atomic E-state index is 4.54. The number of hydrogen-bond donors (Lipinski definition) is 0. The second-order valence-electron chi connectivity index (χ2n) is 23.8. The number of rotatable bonds is 0. The van der Waals surface area contributed by atoms with Gasteiger partial charge >= 0.3 is 0 Å². The Bertz CT molecular complexity index is 3980. The summed E-state index contributed by atoms with van der Waals surface area (Å²) in [5.41, 5.74) is 40.6. The van der Waals surface area contributed by atoms with E-state index in [9.17, 15) is 0 Å². The molecule has 0 bridgehead atoms. The molecule has 0 unspecified atom stereocenters. The van der Waals surface area contributed by atoms with Crippen LogP contribution in [-0.2, 0) is 19.3 Å². The highest BCUT2D eigenvalue weighted by molar-refractivity contribution is 5.89. The molecule has 0 aliphatic heterocycles. The lowest BCUT2D eigenvalue weighted by molar-refractivity contribution is 1.02. The van der Waals surface area contributed by atoms with Crippen LogP contribution in [0.3, 0.4) is 0 Å². The van der Waals surface area contributed by atoms with Gasteiger partial charge in [-0.05, 0) is 266 Å². The molecule has 114 heavy (non-hydrogen) atoms. The van der Waals surface area contributed by atoms with E-state index in [0.29, 0.717) is 0 Å². The summed E-state index contributed by atoms with van der Waals surface area (Å²) in [6, 6.07) is 43.3. The van der Waals surface area contributed by atoms with Gasteiger partial charge in [0.05, 0.1) is 11.4 Å². The van der Waals surface area contributed by atoms with Crippen LogP contribution in [0.4, 0.5) is 0 Å². The fourth-order valence-electron chi connectivity index (χ4n) is 13.8. The number of nitrogens with zero attached hydrogens (tertiary/aromatic N) is 4. The summed E-state index contributed by atoms with van der Waals surface area (Å²) in [6.07, 6.45) is 44.1. The number of pyridine rings is 4. The molecule has 0 amide bonds. The van der Waals surface area contributed by atoms with Crippen LogP contribution < -0.4 is 0 Å². The van der Waals surface area contributed by atoms with Crippen molar-refractivity contribution in [1.29, 1.82) is 0 Å². The monoisotopic (exact) mass is 1540 g/mol. The van der Waals surface area contributed by atoms with E-state index in [1.54, 1.807) is 0 Å². The van der Waals surface area contributed by atoms with Gasteiger partial charge < -0.3 is 0 Å². The smallest absolute Gasteiger partial charge is 0.0704 e. The van der Waals surface area contributed by atoms with Crippen LogP contribution in [0.5, 0.6) is 0 Å². The zero-order valence-electron chi connectivity index (χ0n) is 79.0. The van der Waals surface area contributed by atoms with Crippen LogP contribution in [-0.4, -0.2) is 19.9 Å². The van der Waals surface area contributed by atoms with E-state index in [2.05, 4.69) is 297 Å². The average Bonchev–Trinajstić information content (AvgIpc) is 0.774. The lowest BCUT2D eigenvalue weighted by Gasteiger charge is -2.24. The van der Waals surface area contributed by atoms with Crippen molar-refractivity contribution in [3.63, 3.8) is 0 Å². The summed E-state index contributed by atoms with van der Waals surface area (Å²) in [5.74, 6) is 0. The lowest BCUT2D eigenvalue weighted by atomic mass is 9.80. The van der Waals surface area contributed by atoms with Gasteiger partial charge in [0.2, 0.25) is 0 Å². The zero-order chi connectivity index (χ0) is 87.3. The number of allylic oxidation sites excluding steroid dienone is 12. The predicted molar refractivity (Wildman–Crippen MR) is 522 cm³/mol. The van der Waals surface area contributed by atoms with Crippen LogP contribution in [0.1, 0.15) is 361 Å². The van der Waals surface area contributed by atoms with Gasteiger partial charge in [-0.3, -0.25) is 19.9 Å². The van der Waals surface area contributed by atoms with Gasteiger partial charge in [-0.15, -0.1) is 0 Å². The van der Waals surface area contributed by atoms with Crippen molar-refractivity contribution in [3.05, 3.63) is 347 Å². The molecule has 4 aromatic heterocycles. The number of fused-ring (bicyclic) bond motifs is 9. The maximum absolute atomic E-state index is 4.54. The van der Waals surface area contributed by atoms with E-state index < -0.39 is 0 Å². The molecule has 618 valence electrons. The zero-order valence-corrected chi connectivity index (χ0v) is 79.0. The van der Waals surface area contributed by atoms with Gasteiger partial charge in [0.25, 0.3) is 0 Å². The summed E-state index contributed by atoms with van der Waals surface area (Å²) in [7, 11) is 0. The molecular weight excluding hydrogens is 1380 g/mol. The van der Waals surface area contributed by atoms with Crippen LogP contribution in [0.15, 0.2) is 213 Å². The number of aryl methyl sites for hydroxylation is 6. The SMILES string of the molecule is C/C=C1/CC=Cc2cccc(C)c21.C/C=C1/CC=Cc2cncc(C)c21.C/C=C1/CC=Cc2nccc(C)c21.C/C=C1/c2ccccc2Cc2cccc(C)c21.C/C=C1/c2ccccc2Cc2cncc(C)c21.C/C=C1/c2ccccc2Cc2nccc(C)c21.CC.CC.CC.CC.CC.CC.CC.CC.CC.CC.CC.CC. The van der Waals surface area contributed by atoms with Crippen molar-refractivity contribution in [1.82, 2.24) is 19.9 Å². The largest absolute Gasteiger partial charge is 0.264 e. The van der Waals surface area contributed by atoms with Crippen molar-refractivity contribution in [2.75, 3.05) is 0 Å². The van der Waals surface area contributed by atoms with Crippen molar-refractivity contribution in [3.8, 4) is 0 Å². The lowest BCUT2D eigenvalue weighted by Crippen LogP contribution is -2.09. The molecule has 0 N–H and O–H groups in total. The number of benzene rings is 5. The molecule has 4 heterocycles. The summed E-state index contributed by atoms with van der Waals surface area (Å²) < 4.78 is 0. The quantitative estimate of drug-likeness (QED) is 0.152. The normalized spacial score (nSPS) is 13.6. The van der Waals surface area contributed by atoms with E-state index >= 15 is 0 Å². The molecule has 6 aliphatic carbocycles. The first-order valence-corrected chi connectivity index (χ1v) is 44.1. The first-order valence-electron chi connectivity index (χ1n) is 44.1.